The van der Waals surface area contributed by atoms with Crippen molar-refractivity contribution in [2.75, 3.05) is 32.7 Å². The van der Waals surface area contributed by atoms with Crippen LogP contribution in [0.4, 0.5) is 0 Å². The summed E-state index contributed by atoms with van der Waals surface area (Å²) in [5.41, 5.74) is 1.50. The van der Waals surface area contributed by atoms with Crippen LogP contribution in [-0.2, 0) is 4.79 Å². The fraction of sp³-hybridized carbons (Fsp3) is 0.579. The van der Waals surface area contributed by atoms with Crippen LogP contribution in [-0.4, -0.2) is 59.5 Å². The van der Waals surface area contributed by atoms with Crippen LogP contribution >= 0.6 is 0 Å². The third-order valence-electron chi connectivity index (χ3n) is 5.20. The lowest BCUT2D eigenvalue weighted by molar-refractivity contribution is -0.133. The fourth-order valence-electron chi connectivity index (χ4n) is 3.80. The SMILES string of the molecule is O=C(O)c1ccc([C@@H]2CCCN(CC(=O)N3CCCCC3)C2)cc1. The van der Waals surface area contributed by atoms with Crippen molar-refractivity contribution in [3.63, 3.8) is 0 Å². The predicted molar refractivity (Wildman–Crippen MR) is 92.2 cm³/mol. The summed E-state index contributed by atoms with van der Waals surface area (Å²) < 4.78 is 0. The molecule has 0 spiro atoms. The summed E-state index contributed by atoms with van der Waals surface area (Å²) in [5.74, 6) is -0.244. The molecule has 2 saturated heterocycles. The lowest BCUT2D eigenvalue weighted by Crippen LogP contribution is -2.45. The van der Waals surface area contributed by atoms with E-state index in [0.717, 1.165) is 51.9 Å². The molecule has 1 N–H and O–H groups in total. The smallest absolute Gasteiger partial charge is 0.335 e. The zero-order chi connectivity index (χ0) is 16.9. The first-order valence-electron chi connectivity index (χ1n) is 8.97. The Morgan fingerprint density at radius 3 is 2.38 bits per heavy atom. The summed E-state index contributed by atoms with van der Waals surface area (Å²) >= 11 is 0. The molecule has 1 amide bonds. The molecule has 0 unspecified atom stereocenters. The normalized spacial score (nSPS) is 22.3. The highest BCUT2D eigenvalue weighted by atomic mass is 16.4. The van der Waals surface area contributed by atoms with Gasteiger partial charge >= 0.3 is 5.97 Å². The van der Waals surface area contributed by atoms with E-state index in [-0.39, 0.29) is 5.91 Å². The lowest BCUT2D eigenvalue weighted by atomic mass is 9.90. The van der Waals surface area contributed by atoms with Crippen LogP contribution in [0.1, 0.15) is 53.9 Å². The maximum atomic E-state index is 12.4. The Morgan fingerprint density at radius 2 is 1.71 bits per heavy atom. The Balaban J connectivity index is 1.57. The number of hydrogen-bond donors (Lipinski definition) is 1. The molecular formula is C19H26N2O3. The molecule has 0 bridgehead atoms. The van der Waals surface area contributed by atoms with Gasteiger partial charge < -0.3 is 10.0 Å². The van der Waals surface area contributed by atoms with E-state index in [2.05, 4.69) is 4.90 Å². The summed E-state index contributed by atoms with van der Waals surface area (Å²) in [7, 11) is 0. The number of likely N-dealkylation sites (tertiary alicyclic amines) is 2. The molecule has 0 saturated carbocycles. The van der Waals surface area contributed by atoms with Crippen LogP contribution < -0.4 is 0 Å². The van der Waals surface area contributed by atoms with E-state index in [1.54, 1.807) is 12.1 Å². The van der Waals surface area contributed by atoms with Gasteiger partial charge in [0.1, 0.15) is 0 Å². The second-order valence-electron chi connectivity index (χ2n) is 6.94. The highest BCUT2D eigenvalue weighted by Crippen LogP contribution is 2.27. The quantitative estimate of drug-likeness (QED) is 0.922. The number of hydrogen-bond acceptors (Lipinski definition) is 3. The van der Waals surface area contributed by atoms with Gasteiger partial charge in [-0.05, 0) is 62.3 Å². The Labute approximate surface area is 143 Å². The number of carbonyl (C=O) groups excluding carboxylic acids is 1. The molecule has 130 valence electrons. The van der Waals surface area contributed by atoms with Gasteiger partial charge in [0.25, 0.3) is 0 Å². The zero-order valence-electron chi connectivity index (χ0n) is 14.1. The molecule has 2 aliphatic heterocycles. The first kappa shape index (κ1) is 17.0. The second kappa shape index (κ2) is 7.79. The second-order valence-corrected chi connectivity index (χ2v) is 6.94. The van der Waals surface area contributed by atoms with Crippen molar-refractivity contribution in [3.05, 3.63) is 35.4 Å². The molecule has 3 rings (SSSR count). The molecule has 1 aromatic carbocycles. The van der Waals surface area contributed by atoms with Gasteiger partial charge in [-0.1, -0.05) is 12.1 Å². The monoisotopic (exact) mass is 330 g/mol. The van der Waals surface area contributed by atoms with Gasteiger partial charge in [-0.15, -0.1) is 0 Å². The van der Waals surface area contributed by atoms with Gasteiger partial charge in [0.2, 0.25) is 5.91 Å². The molecule has 1 aromatic rings. The predicted octanol–water partition coefficient (Wildman–Crippen LogP) is 2.58. The first-order valence-corrected chi connectivity index (χ1v) is 8.97. The van der Waals surface area contributed by atoms with E-state index in [9.17, 15) is 9.59 Å². The summed E-state index contributed by atoms with van der Waals surface area (Å²) in [6, 6.07) is 7.19. The standard InChI is InChI=1S/C19H26N2O3/c22-18(21-11-2-1-3-12-21)14-20-10-4-5-17(13-20)15-6-8-16(9-7-15)19(23)24/h6-9,17H,1-5,10-14H2,(H,23,24)/t17-/m1/s1. The van der Waals surface area contributed by atoms with Gasteiger partial charge in [0.05, 0.1) is 12.1 Å². The number of piperidine rings is 2. The molecule has 1 atom stereocenters. The Kier molecular flexibility index (Phi) is 5.51. The Morgan fingerprint density at radius 1 is 1.00 bits per heavy atom. The van der Waals surface area contributed by atoms with E-state index in [1.807, 2.05) is 17.0 Å². The molecule has 2 aliphatic rings. The van der Waals surface area contributed by atoms with E-state index in [0.29, 0.717) is 18.0 Å². The van der Waals surface area contributed by atoms with Crippen LogP contribution in [0.5, 0.6) is 0 Å². The Bertz CT molecular complexity index is 579. The van der Waals surface area contributed by atoms with Gasteiger partial charge in [0, 0.05) is 19.6 Å². The maximum absolute atomic E-state index is 12.4. The van der Waals surface area contributed by atoms with Gasteiger partial charge in [-0.2, -0.15) is 0 Å². The molecule has 0 radical (unpaired) electrons. The van der Waals surface area contributed by atoms with Crippen molar-refractivity contribution in [2.24, 2.45) is 0 Å². The average Bonchev–Trinajstić information content (AvgIpc) is 2.63. The minimum atomic E-state index is -0.890. The number of carboxylic acid groups (broad SMARTS) is 1. The first-order chi connectivity index (χ1) is 11.6. The number of aromatic carboxylic acids is 1. The number of nitrogens with zero attached hydrogens (tertiary/aromatic N) is 2. The molecular weight excluding hydrogens is 304 g/mol. The van der Waals surface area contributed by atoms with Gasteiger partial charge in [-0.3, -0.25) is 9.69 Å². The lowest BCUT2D eigenvalue weighted by Gasteiger charge is -2.35. The average molecular weight is 330 g/mol. The summed E-state index contributed by atoms with van der Waals surface area (Å²) in [5, 5.41) is 9.00. The van der Waals surface area contributed by atoms with E-state index in [1.165, 1.54) is 12.0 Å². The Hall–Kier alpha value is -1.88. The summed E-state index contributed by atoms with van der Waals surface area (Å²) in [6.45, 7) is 4.19. The fourth-order valence-corrected chi connectivity index (χ4v) is 3.80. The molecule has 2 heterocycles. The molecule has 0 aromatic heterocycles. The van der Waals surface area contributed by atoms with Crippen molar-refractivity contribution in [1.82, 2.24) is 9.80 Å². The topological polar surface area (TPSA) is 60.9 Å². The molecule has 5 heteroatoms. The third kappa shape index (κ3) is 4.15. The van der Waals surface area contributed by atoms with Crippen molar-refractivity contribution in [2.45, 2.75) is 38.0 Å². The van der Waals surface area contributed by atoms with Crippen molar-refractivity contribution in [3.8, 4) is 0 Å². The number of rotatable bonds is 4. The number of amides is 1. The van der Waals surface area contributed by atoms with Crippen LogP contribution in [0.25, 0.3) is 0 Å². The molecule has 5 nitrogen and oxygen atoms in total. The van der Waals surface area contributed by atoms with Gasteiger partial charge in [0.15, 0.2) is 0 Å². The zero-order valence-corrected chi connectivity index (χ0v) is 14.1. The summed E-state index contributed by atoms with van der Waals surface area (Å²) in [4.78, 5) is 27.7. The molecule has 24 heavy (non-hydrogen) atoms. The maximum Gasteiger partial charge on any atom is 0.335 e. The largest absolute Gasteiger partial charge is 0.478 e. The number of carboxylic acids is 1. The van der Waals surface area contributed by atoms with E-state index >= 15 is 0 Å². The minimum absolute atomic E-state index is 0.261. The summed E-state index contributed by atoms with van der Waals surface area (Å²) in [6.07, 6.45) is 5.68. The number of benzene rings is 1. The highest BCUT2D eigenvalue weighted by molar-refractivity contribution is 5.87. The van der Waals surface area contributed by atoms with Crippen molar-refractivity contribution in [1.29, 1.82) is 0 Å². The molecule has 0 aliphatic carbocycles. The van der Waals surface area contributed by atoms with Crippen LogP contribution in [0.2, 0.25) is 0 Å². The molecule has 2 fully saturated rings. The third-order valence-corrected chi connectivity index (χ3v) is 5.20. The minimum Gasteiger partial charge on any atom is -0.478 e. The van der Waals surface area contributed by atoms with Crippen LogP contribution in [0.3, 0.4) is 0 Å². The van der Waals surface area contributed by atoms with Gasteiger partial charge in [-0.25, -0.2) is 4.79 Å². The van der Waals surface area contributed by atoms with E-state index < -0.39 is 5.97 Å². The van der Waals surface area contributed by atoms with Crippen LogP contribution in [0, 0.1) is 0 Å². The van der Waals surface area contributed by atoms with Crippen LogP contribution in [0.15, 0.2) is 24.3 Å². The number of carbonyl (C=O) groups is 2. The van der Waals surface area contributed by atoms with E-state index in [4.69, 9.17) is 5.11 Å². The van der Waals surface area contributed by atoms with Crippen molar-refractivity contribution < 1.29 is 14.7 Å². The highest BCUT2D eigenvalue weighted by Gasteiger charge is 2.25. The van der Waals surface area contributed by atoms with Crippen molar-refractivity contribution >= 4 is 11.9 Å².